The monoisotopic (exact) mass is 342 g/mol. The number of benzene rings is 1. The van der Waals surface area contributed by atoms with Crippen LogP contribution >= 0.6 is 11.6 Å². The van der Waals surface area contributed by atoms with Crippen LogP contribution in [0.2, 0.25) is 5.02 Å². The highest BCUT2D eigenvalue weighted by Gasteiger charge is 2.24. The van der Waals surface area contributed by atoms with Gasteiger partial charge < -0.3 is 4.90 Å². The van der Waals surface area contributed by atoms with Crippen molar-refractivity contribution < 1.29 is 13.2 Å². The Hall–Kier alpha value is -1.37. The van der Waals surface area contributed by atoms with Gasteiger partial charge in [0.2, 0.25) is 15.9 Å². The molecule has 1 aromatic rings. The second-order valence-corrected chi connectivity index (χ2v) is 7.62. The minimum atomic E-state index is -3.25. The first-order valence-electron chi connectivity index (χ1n) is 7.03. The largest absolute Gasteiger partial charge is 0.338 e. The Labute approximate surface area is 136 Å². The average molecular weight is 343 g/mol. The Balaban J connectivity index is 1.97. The van der Waals surface area contributed by atoms with Crippen molar-refractivity contribution in [1.82, 2.24) is 9.62 Å². The van der Waals surface area contributed by atoms with Crippen LogP contribution in [0.1, 0.15) is 18.4 Å². The molecule has 1 aliphatic heterocycles. The highest BCUT2D eigenvalue weighted by atomic mass is 35.5. The number of likely N-dealkylation sites (tertiary alicyclic amines) is 1. The van der Waals surface area contributed by atoms with E-state index in [4.69, 9.17) is 11.6 Å². The fraction of sp³-hybridized carbons (Fsp3) is 0.400. The van der Waals surface area contributed by atoms with E-state index >= 15 is 0 Å². The number of hydrogen-bond donors (Lipinski definition) is 1. The molecule has 1 aromatic carbocycles. The first-order valence-corrected chi connectivity index (χ1v) is 9.30. The summed E-state index contributed by atoms with van der Waals surface area (Å²) in [7, 11) is -3.25. The van der Waals surface area contributed by atoms with E-state index < -0.39 is 10.0 Å². The molecular formula is C15H19ClN2O3S. The van der Waals surface area contributed by atoms with E-state index in [9.17, 15) is 13.2 Å². The Morgan fingerprint density at radius 1 is 1.45 bits per heavy atom. The molecule has 22 heavy (non-hydrogen) atoms. The number of nitrogens with zero attached hydrogens (tertiary/aromatic N) is 1. The summed E-state index contributed by atoms with van der Waals surface area (Å²) in [6, 6.07) is 7.01. The lowest BCUT2D eigenvalue weighted by atomic mass is 10.1. The van der Waals surface area contributed by atoms with E-state index in [2.05, 4.69) is 4.72 Å². The summed E-state index contributed by atoms with van der Waals surface area (Å²) in [5.41, 5.74) is 0.851. The lowest BCUT2D eigenvalue weighted by Crippen LogP contribution is -2.48. The van der Waals surface area contributed by atoms with E-state index in [1.807, 2.05) is 12.1 Å². The lowest BCUT2D eigenvalue weighted by molar-refractivity contribution is -0.127. The van der Waals surface area contributed by atoms with Gasteiger partial charge in [-0.25, -0.2) is 13.1 Å². The fourth-order valence-electron chi connectivity index (χ4n) is 2.46. The third-order valence-corrected chi connectivity index (χ3v) is 4.38. The van der Waals surface area contributed by atoms with Gasteiger partial charge in [-0.3, -0.25) is 4.79 Å². The molecule has 1 saturated heterocycles. The summed E-state index contributed by atoms with van der Waals surface area (Å²) in [6.07, 6.45) is 5.86. The molecule has 5 nitrogen and oxygen atoms in total. The van der Waals surface area contributed by atoms with Gasteiger partial charge in [-0.05, 0) is 36.6 Å². The number of amides is 1. The van der Waals surface area contributed by atoms with Gasteiger partial charge in [0.1, 0.15) is 0 Å². The van der Waals surface area contributed by atoms with Crippen molar-refractivity contribution in [2.75, 3.05) is 19.3 Å². The Bertz CT molecular complexity index is 673. The van der Waals surface area contributed by atoms with E-state index in [0.717, 1.165) is 24.7 Å². The summed E-state index contributed by atoms with van der Waals surface area (Å²) in [5.74, 6) is -0.125. The van der Waals surface area contributed by atoms with Crippen molar-refractivity contribution in [2.45, 2.75) is 18.9 Å². The van der Waals surface area contributed by atoms with Crippen LogP contribution in [0.4, 0.5) is 0 Å². The second kappa shape index (κ2) is 7.26. The number of hydrogen-bond acceptors (Lipinski definition) is 3. The van der Waals surface area contributed by atoms with Gasteiger partial charge in [-0.1, -0.05) is 23.7 Å². The summed E-state index contributed by atoms with van der Waals surface area (Å²) in [5, 5.41) is 0.616. The molecule has 0 aromatic heterocycles. The van der Waals surface area contributed by atoms with Crippen LogP contribution in [0.5, 0.6) is 0 Å². The maximum absolute atomic E-state index is 12.2. The topological polar surface area (TPSA) is 66.5 Å². The van der Waals surface area contributed by atoms with E-state index in [1.54, 1.807) is 23.1 Å². The zero-order chi connectivity index (χ0) is 16.2. The van der Waals surface area contributed by atoms with Crippen molar-refractivity contribution in [2.24, 2.45) is 0 Å². The van der Waals surface area contributed by atoms with Gasteiger partial charge in [0.15, 0.2) is 0 Å². The average Bonchev–Trinajstić information content (AvgIpc) is 2.43. The molecule has 2 rings (SSSR count). The first kappa shape index (κ1) is 17.0. The van der Waals surface area contributed by atoms with Crippen LogP contribution < -0.4 is 4.72 Å². The van der Waals surface area contributed by atoms with Crippen molar-refractivity contribution in [1.29, 1.82) is 0 Å². The molecule has 1 fully saturated rings. The minimum absolute atomic E-state index is 0.125. The number of nitrogens with one attached hydrogen (secondary N) is 1. The predicted molar refractivity (Wildman–Crippen MR) is 88.1 cm³/mol. The molecule has 1 N–H and O–H groups in total. The fourth-order valence-corrected chi connectivity index (χ4v) is 3.46. The Kier molecular flexibility index (Phi) is 5.61. The van der Waals surface area contributed by atoms with Crippen molar-refractivity contribution in [3.63, 3.8) is 0 Å². The van der Waals surface area contributed by atoms with Crippen molar-refractivity contribution in [3.05, 3.63) is 40.9 Å². The SMILES string of the molecule is CS(=O)(=O)NC1CCCN(C(=O)C=Cc2cccc(Cl)c2)C1. The maximum atomic E-state index is 12.2. The quantitative estimate of drug-likeness (QED) is 0.850. The molecule has 1 aliphatic rings. The summed E-state index contributed by atoms with van der Waals surface area (Å²) in [4.78, 5) is 13.9. The third-order valence-electron chi connectivity index (χ3n) is 3.38. The number of carbonyl (C=O) groups excluding carboxylic acids is 1. The molecule has 7 heteroatoms. The van der Waals surface area contributed by atoms with Gasteiger partial charge in [0, 0.05) is 30.2 Å². The maximum Gasteiger partial charge on any atom is 0.246 e. The summed E-state index contributed by atoms with van der Waals surface area (Å²) >= 11 is 5.90. The highest BCUT2D eigenvalue weighted by molar-refractivity contribution is 7.88. The van der Waals surface area contributed by atoms with Crippen LogP contribution in [0.25, 0.3) is 6.08 Å². The molecule has 0 radical (unpaired) electrons. The Morgan fingerprint density at radius 2 is 2.23 bits per heavy atom. The zero-order valence-corrected chi connectivity index (χ0v) is 13.9. The molecule has 1 unspecified atom stereocenters. The molecule has 1 amide bonds. The molecule has 0 bridgehead atoms. The number of halogens is 1. The van der Waals surface area contributed by atoms with Crippen LogP contribution in [-0.4, -0.2) is 44.6 Å². The number of rotatable bonds is 4. The van der Waals surface area contributed by atoms with Gasteiger partial charge in [-0.15, -0.1) is 0 Å². The molecule has 120 valence electrons. The van der Waals surface area contributed by atoms with Crippen molar-refractivity contribution in [3.8, 4) is 0 Å². The second-order valence-electron chi connectivity index (χ2n) is 5.40. The molecule has 1 heterocycles. The summed E-state index contributed by atoms with van der Waals surface area (Å²) in [6.45, 7) is 1.03. The minimum Gasteiger partial charge on any atom is -0.338 e. The van der Waals surface area contributed by atoms with Crippen LogP contribution in [-0.2, 0) is 14.8 Å². The zero-order valence-electron chi connectivity index (χ0n) is 12.3. The molecule has 0 spiro atoms. The molecule has 0 aliphatic carbocycles. The normalized spacial score (nSPS) is 19.5. The van der Waals surface area contributed by atoms with Gasteiger partial charge >= 0.3 is 0 Å². The van der Waals surface area contributed by atoms with Gasteiger partial charge in [0.25, 0.3) is 0 Å². The lowest BCUT2D eigenvalue weighted by Gasteiger charge is -2.32. The third kappa shape index (κ3) is 5.44. The van der Waals surface area contributed by atoms with Crippen LogP contribution in [0.15, 0.2) is 30.3 Å². The van der Waals surface area contributed by atoms with E-state index in [-0.39, 0.29) is 11.9 Å². The van der Waals surface area contributed by atoms with Crippen LogP contribution in [0, 0.1) is 0 Å². The standard InChI is InChI=1S/C15H19ClN2O3S/c1-22(20,21)17-14-6-3-9-18(11-14)15(19)8-7-12-4-2-5-13(16)10-12/h2,4-5,7-8,10,14,17H,3,6,9,11H2,1H3. The summed E-state index contributed by atoms with van der Waals surface area (Å²) < 4.78 is 25.1. The molecule has 0 saturated carbocycles. The first-order chi connectivity index (χ1) is 10.3. The van der Waals surface area contributed by atoms with Gasteiger partial charge in [0.05, 0.1) is 6.26 Å². The number of carbonyl (C=O) groups is 1. The van der Waals surface area contributed by atoms with Gasteiger partial charge in [-0.2, -0.15) is 0 Å². The highest BCUT2D eigenvalue weighted by Crippen LogP contribution is 2.14. The number of piperidine rings is 1. The smallest absolute Gasteiger partial charge is 0.246 e. The predicted octanol–water partition coefficient (Wildman–Crippen LogP) is 1.89. The van der Waals surface area contributed by atoms with E-state index in [0.29, 0.717) is 18.1 Å². The number of sulfonamides is 1. The Morgan fingerprint density at radius 3 is 2.91 bits per heavy atom. The molecule has 1 atom stereocenters. The van der Waals surface area contributed by atoms with E-state index in [1.165, 1.54) is 6.08 Å². The van der Waals surface area contributed by atoms with Crippen LogP contribution in [0.3, 0.4) is 0 Å². The van der Waals surface area contributed by atoms with Crippen molar-refractivity contribution >= 4 is 33.6 Å². The molecular weight excluding hydrogens is 324 g/mol.